The first-order valence-electron chi connectivity index (χ1n) is 10.7. The summed E-state index contributed by atoms with van der Waals surface area (Å²) in [5.74, 6) is -0.538. The second-order valence-corrected chi connectivity index (χ2v) is 8.32. The molecule has 0 saturated carbocycles. The summed E-state index contributed by atoms with van der Waals surface area (Å²) >= 11 is 1.72. The number of thioether (sulfide) groups is 1. The van der Waals surface area contributed by atoms with Crippen LogP contribution in [-0.2, 0) is 14.3 Å². The summed E-state index contributed by atoms with van der Waals surface area (Å²) in [5, 5.41) is 5.23. The molecule has 0 unspecified atom stereocenters. The molecule has 3 aromatic carbocycles. The minimum atomic E-state index is -0.668. The Morgan fingerprint density at radius 1 is 0.758 bits per heavy atom. The zero-order valence-corrected chi connectivity index (χ0v) is 19.0. The molecule has 0 aromatic heterocycles. The van der Waals surface area contributed by atoms with Crippen molar-refractivity contribution >= 4 is 29.5 Å². The molecule has 0 aliphatic heterocycles. The predicted molar refractivity (Wildman–Crippen MR) is 130 cm³/mol. The Labute approximate surface area is 197 Å². The van der Waals surface area contributed by atoms with E-state index in [1.165, 1.54) is 4.90 Å². The summed E-state index contributed by atoms with van der Waals surface area (Å²) in [6, 6.07) is 27.0. The summed E-state index contributed by atoms with van der Waals surface area (Å²) < 4.78 is 4.92. The third-order valence-corrected chi connectivity index (χ3v) is 5.77. The molecule has 0 heterocycles. The topological polar surface area (TPSA) is 84.5 Å². The van der Waals surface area contributed by atoms with Crippen LogP contribution < -0.4 is 10.6 Å². The average molecular weight is 463 g/mol. The monoisotopic (exact) mass is 462 g/mol. The molecular weight excluding hydrogens is 436 g/mol. The van der Waals surface area contributed by atoms with Gasteiger partial charge in [0.1, 0.15) is 6.54 Å². The van der Waals surface area contributed by atoms with E-state index < -0.39 is 5.97 Å². The molecule has 0 saturated heterocycles. The number of benzene rings is 3. The highest BCUT2D eigenvalue weighted by atomic mass is 32.2. The molecular formula is C26H26N2O4S. The fraction of sp³-hybridized carbons (Fsp3) is 0.192. The van der Waals surface area contributed by atoms with Crippen molar-refractivity contribution in [3.63, 3.8) is 0 Å². The molecule has 6 nitrogen and oxygen atoms in total. The maximum Gasteiger partial charge on any atom is 0.325 e. The molecule has 3 aromatic rings. The van der Waals surface area contributed by atoms with Gasteiger partial charge < -0.3 is 15.4 Å². The van der Waals surface area contributed by atoms with Crippen molar-refractivity contribution in [2.45, 2.75) is 11.3 Å². The molecule has 0 aliphatic rings. The summed E-state index contributed by atoms with van der Waals surface area (Å²) in [4.78, 5) is 37.1. The van der Waals surface area contributed by atoms with Crippen molar-refractivity contribution < 1.29 is 19.1 Å². The van der Waals surface area contributed by atoms with Gasteiger partial charge in [0.2, 0.25) is 0 Å². The molecule has 0 fully saturated rings. The van der Waals surface area contributed by atoms with Crippen LogP contribution in [0.5, 0.6) is 0 Å². The van der Waals surface area contributed by atoms with Crippen LogP contribution in [-0.4, -0.2) is 43.2 Å². The molecule has 7 heteroatoms. The first-order valence-corrected chi connectivity index (χ1v) is 11.6. The zero-order valence-electron chi connectivity index (χ0n) is 18.2. The number of carbonyl (C=O) groups is 3. The number of hydrogen-bond donors (Lipinski definition) is 2. The van der Waals surface area contributed by atoms with E-state index in [9.17, 15) is 14.4 Å². The number of hydrogen-bond acceptors (Lipinski definition) is 5. The van der Waals surface area contributed by atoms with Crippen LogP contribution in [0.2, 0.25) is 0 Å². The van der Waals surface area contributed by atoms with Crippen LogP contribution in [0, 0.1) is 0 Å². The fourth-order valence-corrected chi connectivity index (χ4v) is 3.83. The van der Waals surface area contributed by atoms with Crippen molar-refractivity contribution in [2.24, 2.45) is 0 Å². The lowest BCUT2D eigenvalue weighted by atomic mass is 10.0. The van der Waals surface area contributed by atoms with Gasteiger partial charge in [-0.05, 0) is 47.6 Å². The number of esters is 1. The van der Waals surface area contributed by atoms with Crippen molar-refractivity contribution in [2.75, 3.05) is 25.4 Å². The van der Waals surface area contributed by atoms with Gasteiger partial charge in [0.25, 0.3) is 11.8 Å². The van der Waals surface area contributed by atoms with Crippen molar-refractivity contribution in [1.82, 2.24) is 10.6 Å². The van der Waals surface area contributed by atoms with Gasteiger partial charge in [0.05, 0.1) is 0 Å². The molecule has 170 valence electrons. The van der Waals surface area contributed by atoms with Crippen LogP contribution in [0.1, 0.15) is 16.8 Å². The van der Waals surface area contributed by atoms with Crippen molar-refractivity contribution in [1.29, 1.82) is 0 Å². The number of nitrogens with one attached hydrogen (secondary N) is 2. The van der Waals surface area contributed by atoms with Gasteiger partial charge in [-0.3, -0.25) is 14.4 Å². The maximum atomic E-state index is 12.2. The lowest BCUT2D eigenvalue weighted by Gasteiger charge is -2.08. The molecule has 0 aliphatic carbocycles. The summed E-state index contributed by atoms with van der Waals surface area (Å²) in [5.41, 5.74) is 2.49. The Balaban J connectivity index is 1.29. The van der Waals surface area contributed by atoms with Gasteiger partial charge >= 0.3 is 5.97 Å². The lowest BCUT2D eigenvalue weighted by molar-refractivity contribution is -0.147. The molecule has 3 rings (SSSR count). The molecule has 33 heavy (non-hydrogen) atoms. The third-order valence-electron chi connectivity index (χ3n) is 4.67. The highest BCUT2D eigenvalue weighted by Gasteiger charge is 2.11. The van der Waals surface area contributed by atoms with Crippen LogP contribution in [0.3, 0.4) is 0 Å². The van der Waals surface area contributed by atoms with Gasteiger partial charge in [-0.15, -0.1) is 11.8 Å². The van der Waals surface area contributed by atoms with Crippen LogP contribution in [0.25, 0.3) is 11.1 Å². The first-order chi connectivity index (χ1) is 16.1. The van der Waals surface area contributed by atoms with Crippen molar-refractivity contribution in [3.8, 4) is 11.1 Å². The van der Waals surface area contributed by atoms with E-state index in [2.05, 4.69) is 10.6 Å². The van der Waals surface area contributed by atoms with Gasteiger partial charge in [-0.25, -0.2) is 0 Å². The predicted octanol–water partition coefficient (Wildman–Crippen LogP) is 3.93. The van der Waals surface area contributed by atoms with E-state index in [1.54, 1.807) is 23.9 Å². The molecule has 0 spiro atoms. The maximum absolute atomic E-state index is 12.2. The Morgan fingerprint density at radius 2 is 1.39 bits per heavy atom. The quantitative estimate of drug-likeness (QED) is 0.256. The zero-order chi connectivity index (χ0) is 23.3. The molecule has 0 bridgehead atoms. The Morgan fingerprint density at radius 3 is 2.09 bits per heavy atom. The standard InChI is InChI=1S/C26H26N2O4S/c29-24(27-16-7-17-33-23-10-5-2-6-11-23)19-32-25(30)18-28-26(31)22-14-12-21(13-15-22)20-8-3-1-4-9-20/h1-6,8-15H,7,16-19H2,(H,27,29)(H,28,31). The third kappa shape index (κ3) is 8.46. The van der Waals surface area contributed by atoms with Crippen LogP contribution in [0.4, 0.5) is 0 Å². The van der Waals surface area contributed by atoms with E-state index in [4.69, 9.17) is 4.74 Å². The second kappa shape index (κ2) is 13.1. The van der Waals surface area contributed by atoms with Crippen molar-refractivity contribution in [3.05, 3.63) is 90.5 Å². The molecule has 0 radical (unpaired) electrons. The number of amides is 2. The Bertz CT molecular complexity index is 1040. The summed E-state index contributed by atoms with van der Waals surface area (Å²) in [6.07, 6.45) is 0.804. The number of rotatable bonds is 11. The number of ether oxygens (including phenoxy) is 1. The van der Waals surface area contributed by atoms with Gasteiger partial charge in [0, 0.05) is 17.0 Å². The fourth-order valence-electron chi connectivity index (χ4n) is 2.95. The summed E-state index contributed by atoms with van der Waals surface area (Å²) in [6.45, 7) is -0.168. The second-order valence-electron chi connectivity index (χ2n) is 7.15. The van der Waals surface area contributed by atoms with E-state index >= 15 is 0 Å². The Hall–Kier alpha value is -3.58. The smallest absolute Gasteiger partial charge is 0.325 e. The minimum Gasteiger partial charge on any atom is -0.454 e. The van der Waals surface area contributed by atoms with E-state index in [0.717, 1.165) is 23.3 Å². The van der Waals surface area contributed by atoms with E-state index in [0.29, 0.717) is 12.1 Å². The highest BCUT2D eigenvalue weighted by Crippen LogP contribution is 2.19. The molecule has 2 N–H and O–H groups in total. The van der Waals surface area contributed by atoms with E-state index in [-0.39, 0.29) is 25.0 Å². The van der Waals surface area contributed by atoms with Gasteiger partial charge in [-0.2, -0.15) is 0 Å². The number of carbonyl (C=O) groups excluding carboxylic acids is 3. The van der Waals surface area contributed by atoms with Crippen LogP contribution >= 0.6 is 11.8 Å². The van der Waals surface area contributed by atoms with E-state index in [1.807, 2.05) is 72.8 Å². The molecule has 2 amide bonds. The minimum absolute atomic E-state index is 0.305. The largest absolute Gasteiger partial charge is 0.454 e. The van der Waals surface area contributed by atoms with Gasteiger partial charge in [-0.1, -0.05) is 60.7 Å². The SMILES string of the molecule is O=C(COC(=O)CNC(=O)c1ccc(-c2ccccc2)cc1)NCCCSc1ccccc1. The normalized spacial score (nSPS) is 10.3. The molecule has 0 atom stereocenters. The lowest BCUT2D eigenvalue weighted by Crippen LogP contribution is -2.34. The van der Waals surface area contributed by atoms with Crippen LogP contribution in [0.15, 0.2) is 89.8 Å². The van der Waals surface area contributed by atoms with Gasteiger partial charge in [0.15, 0.2) is 6.61 Å². The highest BCUT2D eigenvalue weighted by molar-refractivity contribution is 7.99. The summed E-state index contributed by atoms with van der Waals surface area (Å²) in [7, 11) is 0. The first kappa shape index (κ1) is 24.1. The Kier molecular flexibility index (Phi) is 9.54. The average Bonchev–Trinajstić information content (AvgIpc) is 2.87.